The predicted molar refractivity (Wildman–Crippen MR) is 107 cm³/mol. The van der Waals surface area contributed by atoms with Crippen LogP contribution < -0.4 is 16.0 Å². The molecule has 3 N–H and O–H groups in total. The molecule has 0 spiro atoms. The van der Waals surface area contributed by atoms with Crippen molar-refractivity contribution in [2.45, 2.75) is 26.7 Å². The summed E-state index contributed by atoms with van der Waals surface area (Å²) in [5.74, 6) is 0.711. The number of nitrogens with one attached hydrogen (secondary N) is 3. The number of hydrogen-bond donors (Lipinski definition) is 3. The van der Waals surface area contributed by atoms with Gasteiger partial charge in [-0.1, -0.05) is 22.9 Å². The first-order valence-electron chi connectivity index (χ1n) is 7.07. The van der Waals surface area contributed by atoms with E-state index < -0.39 is 0 Å². The highest BCUT2D eigenvalue weighted by atomic mass is 127. The average molecular weight is 483 g/mol. The van der Waals surface area contributed by atoms with Gasteiger partial charge in [0, 0.05) is 36.7 Å². The number of guanidine groups is 1. The summed E-state index contributed by atoms with van der Waals surface area (Å²) in [5, 5.41) is 9.19. The van der Waals surface area contributed by atoms with Crippen LogP contribution in [-0.4, -0.2) is 32.0 Å². The molecule has 0 atom stereocenters. The third-order valence-electron chi connectivity index (χ3n) is 2.87. The molecule has 0 aromatic heterocycles. The van der Waals surface area contributed by atoms with Gasteiger partial charge in [0.2, 0.25) is 5.91 Å². The largest absolute Gasteiger partial charge is 0.356 e. The first-order valence-corrected chi connectivity index (χ1v) is 7.86. The van der Waals surface area contributed by atoms with Gasteiger partial charge in [-0.2, -0.15) is 0 Å². The molecule has 0 aliphatic heterocycles. The van der Waals surface area contributed by atoms with Crippen LogP contribution in [0.5, 0.6) is 0 Å². The van der Waals surface area contributed by atoms with Crippen LogP contribution in [0.1, 0.15) is 25.3 Å². The van der Waals surface area contributed by atoms with E-state index in [0.29, 0.717) is 13.0 Å². The van der Waals surface area contributed by atoms with E-state index in [-0.39, 0.29) is 29.9 Å². The lowest BCUT2D eigenvalue weighted by molar-refractivity contribution is -0.116. The van der Waals surface area contributed by atoms with E-state index in [4.69, 9.17) is 0 Å². The molecule has 0 saturated carbocycles. The summed E-state index contributed by atoms with van der Waals surface area (Å²) in [7, 11) is 1.72. The minimum absolute atomic E-state index is 0. The van der Waals surface area contributed by atoms with Crippen LogP contribution in [0, 0.1) is 6.92 Å². The second-order valence-electron chi connectivity index (χ2n) is 4.68. The van der Waals surface area contributed by atoms with Gasteiger partial charge in [-0.3, -0.25) is 9.79 Å². The van der Waals surface area contributed by atoms with Crippen molar-refractivity contribution >= 4 is 57.5 Å². The van der Waals surface area contributed by atoms with Gasteiger partial charge in [0.1, 0.15) is 0 Å². The van der Waals surface area contributed by atoms with Crippen molar-refractivity contribution < 1.29 is 4.79 Å². The van der Waals surface area contributed by atoms with Crippen LogP contribution in [0.3, 0.4) is 0 Å². The van der Waals surface area contributed by atoms with E-state index in [0.717, 1.165) is 34.6 Å². The topological polar surface area (TPSA) is 65.5 Å². The number of carbonyl (C=O) groups is 1. The van der Waals surface area contributed by atoms with Crippen LogP contribution >= 0.6 is 39.9 Å². The third kappa shape index (κ3) is 7.98. The number of rotatable bonds is 6. The molecule has 0 saturated heterocycles. The number of carbonyl (C=O) groups excluding carboxylic acids is 1. The summed E-state index contributed by atoms with van der Waals surface area (Å²) in [5.41, 5.74) is 1.88. The Morgan fingerprint density at radius 1 is 1.27 bits per heavy atom. The van der Waals surface area contributed by atoms with Gasteiger partial charge >= 0.3 is 0 Å². The first kappa shape index (κ1) is 21.2. The number of aliphatic imine (C=N–C) groups is 1. The lowest BCUT2D eigenvalue weighted by Gasteiger charge is -2.12. The zero-order chi connectivity index (χ0) is 15.7. The van der Waals surface area contributed by atoms with Gasteiger partial charge in [-0.25, -0.2) is 0 Å². The molecule has 0 aliphatic carbocycles. The standard InChI is InChI=1S/C15H23BrN4O.HI/c1-4-8-18-15(17-3)19-9-7-14(21)20-13-6-5-12(16)10-11(13)2;/h5-6,10H,4,7-9H2,1-3H3,(H,20,21)(H2,17,18,19);1H. The summed E-state index contributed by atoms with van der Waals surface area (Å²) in [4.78, 5) is 16.0. The van der Waals surface area contributed by atoms with Crippen LogP contribution in [0.15, 0.2) is 27.7 Å². The smallest absolute Gasteiger partial charge is 0.226 e. The molecule has 0 unspecified atom stereocenters. The highest BCUT2D eigenvalue weighted by Crippen LogP contribution is 2.19. The molecule has 0 aliphatic rings. The molecular formula is C15H24BrIN4O. The normalized spacial score (nSPS) is 10.6. The van der Waals surface area contributed by atoms with Gasteiger partial charge in [-0.15, -0.1) is 24.0 Å². The number of anilines is 1. The van der Waals surface area contributed by atoms with E-state index in [9.17, 15) is 4.79 Å². The van der Waals surface area contributed by atoms with Gasteiger partial charge < -0.3 is 16.0 Å². The quantitative estimate of drug-likeness (QED) is 0.331. The van der Waals surface area contributed by atoms with Crippen LogP contribution in [0.2, 0.25) is 0 Å². The van der Waals surface area contributed by atoms with Crippen molar-refractivity contribution in [2.24, 2.45) is 4.99 Å². The van der Waals surface area contributed by atoms with E-state index >= 15 is 0 Å². The Balaban J connectivity index is 0.00000441. The zero-order valence-corrected chi connectivity index (χ0v) is 17.1. The average Bonchev–Trinajstić information content (AvgIpc) is 2.45. The van der Waals surface area contributed by atoms with Crippen molar-refractivity contribution in [3.05, 3.63) is 28.2 Å². The van der Waals surface area contributed by atoms with Crippen molar-refractivity contribution in [1.29, 1.82) is 0 Å². The Hall–Kier alpha value is -0.830. The Kier molecular flexibility index (Phi) is 11.3. The van der Waals surface area contributed by atoms with E-state index in [2.05, 4.69) is 43.8 Å². The van der Waals surface area contributed by atoms with Gasteiger partial charge in [-0.05, 0) is 37.1 Å². The number of halogens is 2. The Labute approximate surface area is 157 Å². The lowest BCUT2D eigenvalue weighted by atomic mass is 10.2. The SMILES string of the molecule is CCCNC(=NC)NCCC(=O)Nc1ccc(Br)cc1C.I. The summed E-state index contributed by atoms with van der Waals surface area (Å²) < 4.78 is 1.01. The Morgan fingerprint density at radius 3 is 2.55 bits per heavy atom. The number of nitrogens with zero attached hydrogens (tertiary/aromatic N) is 1. The maximum atomic E-state index is 11.9. The van der Waals surface area contributed by atoms with Crippen LogP contribution in [-0.2, 0) is 4.79 Å². The predicted octanol–water partition coefficient (Wildman–Crippen LogP) is 3.28. The molecule has 22 heavy (non-hydrogen) atoms. The summed E-state index contributed by atoms with van der Waals surface area (Å²) in [6, 6.07) is 5.79. The van der Waals surface area contributed by atoms with E-state index in [1.165, 1.54) is 0 Å². The molecular weight excluding hydrogens is 459 g/mol. The summed E-state index contributed by atoms with van der Waals surface area (Å²) >= 11 is 3.41. The fraction of sp³-hybridized carbons (Fsp3) is 0.467. The lowest BCUT2D eigenvalue weighted by Crippen LogP contribution is -2.38. The third-order valence-corrected chi connectivity index (χ3v) is 3.37. The molecule has 0 fully saturated rings. The van der Waals surface area contributed by atoms with Crippen LogP contribution in [0.25, 0.3) is 0 Å². The van der Waals surface area contributed by atoms with Gasteiger partial charge in [0.25, 0.3) is 0 Å². The monoisotopic (exact) mass is 482 g/mol. The van der Waals surface area contributed by atoms with Crippen molar-refractivity contribution in [3.63, 3.8) is 0 Å². The fourth-order valence-corrected chi connectivity index (χ4v) is 2.21. The second-order valence-corrected chi connectivity index (χ2v) is 5.60. The number of hydrogen-bond acceptors (Lipinski definition) is 2. The van der Waals surface area contributed by atoms with E-state index in [1.807, 2.05) is 25.1 Å². The van der Waals surface area contributed by atoms with Gasteiger partial charge in [0.05, 0.1) is 0 Å². The molecule has 0 radical (unpaired) electrons. The highest BCUT2D eigenvalue weighted by Gasteiger charge is 2.05. The maximum absolute atomic E-state index is 11.9. The molecule has 124 valence electrons. The summed E-state index contributed by atoms with van der Waals surface area (Å²) in [6.07, 6.45) is 1.42. The first-order chi connectivity index (χ1) is 10.1. The molecule has 7 heteroatoms. The van der Waals surface area contributed by atoms with Crippen molar-refractivity contribution in [1.82, 2.24) is 10.6 Å². The minimum atomic E-state index is -0.0149. The Bertz CT molecular complexity index is 508. The highest BCUT2D eigenvalue weighted by molar-refractivity contribution is 14.0. The zero-order valence-electron chi connectivity index (χ0n) is 13.2. The maximum Gasteiger partial charge on any atom is 0.226 e. The molecule has 1 amide bonds. The minimum Gasteiger partial charge on any atom is -0.356 e. The summed E-state index contributed by atoms with van der Waals surface area (Å²) in [6.45, 7) is 5.47. The van der Waals surface area contributed by atoms with E-state index in [1.54, 1.807) is 7.05 Å². The fourth-order valence-electron chi connectivity index (χ4n) is 1.74. The Morgan fingerprint density at radius 2 is 1.95 bits per heavy atom. The number of benzene rings is 1. The number of aryl methyl sites for hydroxylation is 1. The molecule has 5 nitrogen and oxygen atoms in total. The van der Waals surface area contributed by atoms with Gasteiger partial charge in [0.15, 0.2) is 5.96 Å². The van der Waals surface area contributed by atoms with Crippen LogP contribution in [0.4, 0.5) is 5.69 Å². The second kappa shape index (κ2) is 11.7. The molecule has 0 bridgehead atoms. The molecule has 1 aromatic carbocycles. The number of amides is 1. The molecule has 1 aromatic rings. The molecule has 1 rings (SSSR count). The van der Waals surface area contributed by atoms with Crippen molar-refractivity contribution in [2.75, 3.05) is 25.5 Å². The molecule has 0 heterocycles. The van der Waals surface area contributed by atoms with Crippen molar-refractivity contribution in [3.8, 4) is 0 Å².